The molecule has 13 unspecified atom stereocenters. The lowest BCUT2D eigenvalue weighted by atomic mass is 9.58. The molecule has 48 heavy (non-hydrogen) atoms. The van der Waals surface area contributed by atoms with E-state index in [0.717, 1.165) is 95.4 Å². The van der Waals surface area contributed by atoms with Crippen molar-refractivity contribution in [2.45, 2.75) is 229 Å². The van der Waals surface area contributed by atoms with E-state index < -0.39 is 0 Å². The van der Waals surface area contributed by atoms with E-state index in [4.69, 9.17) is 0 Å². The highest BCUT2D eigenvalue weighted by Crippen LogP contribution is 2.63. The molecule has 10 rings (SSSR count). The van der Waals surface area contributed by atoms with Crippen molar-refractivity contribution in [1.82, 2.24) is 9.80 Å². The number of hydrogen-bond donors (Lipinski definition) is 0. The van der Waals surface area contributed by atoms with Gasteiger partial charge in [0.2, 0.25) is 0 Å². The standard InChI is InChI=1S/C46H76N2/c1-4-14-31(15-5-1)33-24-26-42-39(30-33)46-43(47(42)34-18-8-3-9-19-34)28-29-44-45(46)38-22-12-13-23-40(38)48(44)41-27-25-35(32-16-6-2-7-17-32)36-20-10-11-21-37(36)41/h31-46H,1-30H2. The average molecular weight is 657 g/mol. The fraction of sp³-hybridized carbons (Fsp3) is 1.00. The third-order valence-corrected chi connectivity index (χ3v) is 19.0. The van der Waals surface area contributed by atoms with Gasteiger partial charge in [-0.3, -0.25) is 9.80 Å². The van der Waals surface area contributed by atoms with Crippen LogP contribution in [0.4, 0.5) is 0 Å². The van der Waals surface area contributed by atoms with Crippen LogP contribution in [-0.2, 0) is 0 Å². The van der Waals surface area contributed by atoms with Crippen molar-refractivity contribution < 1.29 is 0 Å². The molecule has 8 saturated carbocycles. The Morgan fingerprint density at radius 1 is 0.250 bits per heavy atom. The first-order valence-corrected chi connectivity index (χ1v) is 23.4. The zero-order chi connectivity index (χ0) is 31.6. The Morgan fingerprint density at radius 3 is 1.50 bits per heavy atom. The molecule has 0 N–H and O–H groups in total. The Morgan fingerprint density at radius 2 is 0.750 bits per heavy atom. The minimum absolute atomic E-state index is 0.946. The van der Waals surface area contributed by atoms with Crippen molar-refractivity contribution >= 4 is 0 Å². The highest BCUT2D eigenvalue weighted by Gasteiger charge is 2.65. The van der Waals surface area contributed by atoms with Crippen LogP contribution in [0.25, 0.3) is 0 Å². The van der Waals surface area contributed by atoms with Crippen LogP contribution in [-0.4, -0.2) is 46.1 Å². The Hall–Kier alpha value is -0.0800. The molecule has 8 aliphatic carbocycles. The van der Waals surface area contributed by atoms with Crippen LogP contribution < -0.4 is 0 Å². The summed E-state index contributed by atoms with van der Waals surface area (Å²) in [6, 6.07) is 5.75. The molecule has 270 valence electrons. The average Bonchev–Trinajstić information content (AvgIpc) is 3.68. The topological polar surface area (TPSA) is 6.48 Å². The SMILES string of the molecule is C1CCC(C2CCC3C(C2)C2C4C5CCCCC5N(C5CCC(C6CCCCC6)C6CCCCC65)C4CCC2N3C2CCCCC2)CC1. The van der Waals surface area contributed by atoms with Gasteiger partial charge in [-0.25, -0.2) is 0 Å². The van der Waals surface area contributed by atoms with Crippen LogP contribution in [0, 0.1) is 59.2 Å². The number of hydrogen-bond acceptors (Lipinski definition) is 2. The monoisotopic (exact) mass is 657 g/mol. The zero-order valence-corrected chi connectivity index (χ0v) is 31.3. The van der Waals surface area contributed by atoms with Gasteiger partial charge in [-0.05, 0) is 143 Å². The molecule has 13 atom stereocenters. The van der Waals surface area contributed by atoms with E-state index in [1.165, 1.54) is 44.9 Å². The lowest BCUT2D eigenvalue weighted by molar-refractivity contribution is -0.0511. The quantitative estimate of drug-likeness (QED) is 0.297. The number of rotatable bonds is 4. The molecule has 0 aromatic carbocycles. The molecule has 0 aromatic rings. The maximum absolute atomic E-state index is 3.49. The van der Waals surface area contributed by atoms with E-state index in [1.54, 1.807) is 148 Å². The summed E-state index contributed by atoms with van der Waals surface area (Å²) >= 11 is 0. The summed E-state index contributed by atoms with van der Waals surface area (Å²) in [5.41, 5.74) is 0. The van der Waals surface area contributed by atoms with Gasteiger partial charge < -0.3 is 0 Å². The summed E-state index contributed by atoms with van der Waals surface area (Å²) in [5, 5.41) is 0. The Kier molecular flexibility index (Phi) is 9.53. The molecule has 2 aliphatic heterocycles. The van der Waals surface area contributed by atoms with Gasteiger partial charge in [0.15, 0.2) is 0 Å². The van der Waals surface area contributed by atoms with Crippen molar-refractivity contribution in [3.63, 3.8) is 0 Å². The molecule has 2 saturated heterocycles. The van der Waals surface area contributed by atoms with Gasteiger partial charge >= 0.3 is 0 Å². The first kappa shape index (κ1) is 32.6. The minimum Gasteiger partial charge on any atom is -0.294 e. The van der Waals surface area contributed by atoms with E-state index in [-0.39, 0.29) is 0 Å². The summed E-state index contributed by atoms with van der Waals surface area (Å²) in [4.78, 5) is 6.87. The molecule has 0 amide bonds. The molecular weight excluding hydrogens is 581 g/mol. The van der Waals surface area contributed by atoms with Gasteiger partial charge in [-0.1, -0.05) is 109 Å². The lowest BCUT2D eigenvalue weighted by Gasteiger charge is -2.54. The Bertz CT molecular complexity index is 1070. The number of likely N-dealkylation sites (tertiary alicyclic amines) is 2. The van der Waals surface area contributed by atoms with Gasteiger partial charge in [0.25, 0.3) is 0 Å². The number of nitrogens with zero attached hydrogens (tertiary/aromatic N) is 2. The van der Waals surface area contributed by atoms with E-state index in [0.29, 0.717) is 0 Å². The summed E-state index contributed by atoms with van der Waals surface area (Å²) in [7, 11) is 0. The van der Waals surface area contributed by atoms with E-state index in [1.807, 2.05) is 0 Å². The third-order valence-electron chi connectivity index (χ3n) is 19.0. The van der Waals surface area contributed by atoms with E-state index >= 15 is 0 Å². The van der Waals surface area contributed by atoms with Crippen LogP contribution in [0.2, 0.25) is 0 Å². The largest absolute Gasteiger partial charge is 0.294 e. The van der Waals surface area contributed by atoms with Crippen molar-refractivity contribution in [1.29, 1.82) is 0 Å². The van der Waals surface area contributed by atoms with Gasteiger partial charge in [0.05, 0.1) is 0 Å². The summed E-state index contributed by atoms with van der Waals surface area (Å²) in [5.74, 6) is 10.7. The molecule has 0 radical (unpaired) electrons. The van der Waals surface area contributed by atoms with Crippen LogP contribution in [0.5, 0.6) is 0 Å². The highest BCUT2D eigenvalue weighted by molar-refractivity contribution is 5.17. The van der Waals surface area contributed by atoms with Crippen molar-refractivity contribution in [2.24, 2.45) is 59.2 Å². The first-order valence-electron chi connectivity index (χ1n) is 23.4. The smallest absolute Gasteiger partial charge is 0.0137 e. The first-order chi connectivity index (χ1) is 23.8. The zero-order valence-electron chi connectivity index (χ0n) is 31.3. The van der Waals surface area contributed by atoms with Crippen molar-refractivity contribution in [3.8, 4) is 0 Å². The van der Waals surface area contributed by atoms with Crippen LogP contribution in [0.1, 0.15) is 193 Å². The second kappa shape index (κ2) is 14.0. The maximum Gasteiger partial charge on any atom is 0.0137 e. The molecule has 2 nitrogen and oxygen atoms in total. The van der Waals surface area contributed by atoms with Crippen molar-refractivity contribution in [2.75, 3.05) is 0 Å². The predicted molar refractivity (Wildman–Crippen MR) is 200 cm³/mol. The molecule has 10 fully saturated rings. The van der Waals surface area contributed by atoms with Crippen molar-refractivity contribution in [3.05, 3.63) is 0 Å². The molecule has 0 spiro atoms. The van der Waals surface area contributed by atoms with Crippen LogP contribution >= 0.6 is 0 Å². The van der Waals surface area contributed by atoms with Crippen LogP contribution in [0.15, 0.2) is 0 Å². The van der Waals surface area contributed by atoms with E-state index in [2.05, 4.69) is 9.80 Å². The molecule has 10 aliphatic rings. The maximum atomic E-state index is 3.49. The van der Waals surface area contributed by atoms with Crippen LogP contribution in [0.3, 0.4) is 0 Å². The fourth-order valence-corrected chi connectivity index (χ4v) is 17.5. The second-order valence-corrected chi connectivity index (χ2v) is 20.6. The molecule has 2 heteroatoms. The molecule has 0 bridgehead atoms. The minimum atomic E-state index is 0.946. The number of fused-ring (bicyclic) bond motifs is 8. The lowest BCUT2D eigenvalue weighted by Crippen LogP contribution is -2.57. The fourth-order valence-electron chi connectivity index (χ4n) is 17.5. The summed E-state index contributed by atoms with van der Waals surface area (Å²) in [6.07, 6.45) is 47.0. The molecular formula is C46H76N2. The highest BCUT2D eigenvalue weighted by atomic mass is 15.3. The second-order valence-electron chi connectivity index (χ2n) is 20.6. The Labute approximate surface area is 297 Å². The third kappa shape index (κ3) is 5.57. The molecule has 0 aromatic heterocycles. The predicted octanol–water partition coefficient (Wildman–Crippen LogP) is 11.8. The van der Waals surface area contributed by atoms with Gasteiger partial charge in [-0.2, -0.15) is 0 Å². The van der Waals surface area contributed by atoms with E-state index in [9.17, 15) is 0 Å². The Balaban J connectivity index is 0.967. The molecule has 2 heterocycles. The normalized spacial score (nSPS) is 49.9. The van der Waals surface area contributed by atoms with Gasteiger partial charge in [0.1, 0.15) is 0 Å². The summed E-state index contributed by atoms with van der Waals surface area (Å²) in [6.45, 7) is 0. The van der Waals surface area contributed by atoms with Gasteiger partial charge in [-0.15, -0.1) is 0 Å². The van der Waals surface area contributed by atoms with Gasteiger partial charge in [0, 0.05) is 36.3 Å². The summed E-state index contributed by atoms with van der Waals surface area (Å²) < 4.78 is 0.